The summed E-state index contributed by atoms with van der Waals surface area (Å²) in [7, 11) is 1.70. The number of benzene rings is 2. The third-order valence-corrected chi connectivity index (χ3v) is 3.55. The van der Waals surface area contributed by atoms with E-state index in [0.717, 1.165) is 5.56 Å². The van der Waals surface area contributed by atoms with Crippen LogP contribution in [0.25, 0.3) is 0 Å². The standard InChI is InChI=1S/C19H18N2O3/c1-14(22)17-7-9-18(10-8-17)24-13-19(23)21(2)12-16-5-3-15(11-20)4-6-16/h3-10H,12-13H2,1-2H3. The first-order chi connectivity index (χ1) is 11.5. The second kappa shape index (κ2) is 7.93. The molecule has 0 aliphatic carbocycles. The summed E-state index contributed by atoms with van der Waals surface area (Å²) in [6, 6.07) is 15.8. The quantitative estimate of drug-likeness (QED) is 0.767. The van der Waals surface area contributed by atoms with E-state index in [9.17, 15) is 9.59 Å². The van der Waals surface area contributed by atoms with Crippen LogP contribution >= 0.6 is 0 Å². The Morgan fingerprint density at radius 3 is 2.25 bits per heavy atom. The molecule has 0 atom stereocenters. The lowest BCUT2D eigenvalue weighted by Crippen LogP contribution is -2.30. The first kappa shape index (κ1) is 17.2. The van der Waals surface area contributed by atoms with E-state index in [1.165, 1.54) is 6.92 Å². The number of rotatable bonds is 6. The Hall–Kier alpha value is -3.13. The van der Waals surface area contributed by atoms with Crippen molar-refractivity contribution in [1.82, 2.24) is 4.90 Å². The Labute approximate surface area is 141 Å². The second-order valence-electron chi connectivity index (χ2n) is 5.43. The molecule has 0 heterocycles. The average molecular weight is 322 g/mol. The largest absolute Gasteiger partial charge is 0.484 e. The van der Waals surface area contributed by atoms with Gasteiger partial charge in [-0.15, -0.1) is 0 Å². The fraction of sp³-hybridized carbons (Fsp3) is 0.211. The zero-order chi connectivity index (χ0) is 17.5. The Bertz CT molecular complexity index is 759. The van der Waals surface area contributed by atoms with Crippen molar-refractivity contribution in [2.45, 2.75) is 13.5 Å². The monoisotopic (exact) mass is 322 g/mol. The lowest BCUT2D eigenvalue weighted by atomic mass is 10.1. The predicted octanol–water partition coefficient (Wildman–Crippen LogP) is 2.80. The summed E-state index contributed by atoms with van der Waals surface area (Å²) in [5, 5.41) is 8.77. The highest BCUT2D eigenvalue weighted by molar-refractivity contribution is 5.94. The molecule has 0 fully saturated rings. The summed E-state index contributed by atoms with van der Waals surface area (Å²) in [5.74, 6) is 0.370. The Kier molecular flexibility index (Phi) is 5.69. The maximum Gasteiger partial charge on any atom is 0.260 e. The number of carbonyl (C=O) groups is 2. The van der Waals surface area contributed by atoms with Crippen molar-refractivity contribution >= 4 is 11.7 Å². The van der Waals surface area contributed by atoms with Gasteiger partial charge < -0.3 is 9.64 Å². The van der Waals surface area contributed by atoms with Gasteiger partial charge in [0.1, 0.15) is 5.75 Å². The minimum absolute atomic E-state index is 0.0141. The molecular weight excluding hydrogens is 304 g/mol. The minimum Gasteiger partial charge on any atom is -0.484 e. The first-order valence-electron chi connectivity index (χ1n) is 7.46. The normalized spacial score (nSPS) is 9.88. The van der Waals surface area contributed by atoms with Crippen LogP contribution in [-0.4, -0.2) is 30.2 Å². The molecule has 2 aromatic rings. The van der Waals surface area contributed by atoms with Gasteiger partial charge in [0, 0.05) is 19.2 Å². The van der Waals surface area contributed by atoms with Gasteiger partial charge in [-0.1, -0.05) is 12.1 Å². The van der Waals surface area contributed by atoms with Crippen molar-refractivity contribution in [3.05, 3.63) is 65.2 Å². The molecule has 1 amide bonds. The number of ketones is 1. The molecular formula is C19H18N2O3. The summed E-state index contributed by atoms with van der Waals surface area (Å²) < 4.78 is 5.45. The Morgan fingerprint density at radius 1 is 1.08 bits per heavy atom. The lowest BCUT2D eigenvalue weighted by molar-refractivity contribution is -0.132. The molecule has 0 bridgehead atoms. The molecule has 0 saturated heterocycles. The Balaban J connectivity index is 1.86. The maximum atomic E-state index is 12.1. The minimum atomic E-state index is -0.157. The molecule has 2 rings (SSSR count). The van der Waals surface area contributed by atoms with Gasteiger partial charge in [0.2, 0.25) is 0 Å². The molecule has 0 N–H and O–H groups in total. The summed E-state index contributed by atoms with van der Waals surface area (Å²) in [4.78, 5) is 24.9. The fourth-order valence-electron chi connectivity index (χ4n) is 2.09. The number of hydrogen-bond donors (Lipinski definition) is 0. The molecule has 2 aromatic carbocycles. The van der Waals surface area contributed by atoms with Crippen molar-refractivity contribution in [3.63, 3.8) is 0 Å². The van der Waals surface area contributed by atoms with Crippen LogP contribution in [0.4, 0.5) is 0 Å². The van der Waals surface area contributed by atoms with Gasteiger partial charge in [0.05, 0.1) is 11.6 Å². The van der Waals surface area contributed by atoms with Gasteiger partial charge in [-0.3, -0.25) is 9.59 Å². The van der Waals surface area contributed by atoms with E-state index >= 15 is 0 Å². The van der Waals surface area contributed by atoms with Gasteiger partial charge in [-0.2, -0.15) is 5.26 Å². The third kappa shape index (κ3) is 4.68. The number of nitrogens with zero attached hydrogens (tertiary/aromatic N) is 2. The maximum absolute atomic E-state index is 12.1. The summed E-state index contributed by atoms with van der Waals surface area (Å²) in [6.45, 7) is 1.86. The van der Waals surface area contributed by atoms with Crippen molar-refractivity contribution in [1.29, 1.82) is 5.26 Å². The number of Topliss-reactive ketones (excluding diaryl/α,β-unsaturated/α-hetero) is 1. The summed E-state index contributed by atoms with van der Waals surface area (Å²) >= 11 is 0. The van der Waals surface area contributed by atoms with Crippen molar-refractivity contribution in [2.24, 2.45) is 0 Å². The van der Waals surface area contributed by atoms with Crippen LogP contribution in [0.1, 0.15) is 28.4 Å². The molecule has 0 spiro atoms. The highest BCUT2D eigenvalue weighted by Crippen LogP contribution is 2.13. The molecule has 5 nitrogen and oxygen atoms in total. The molecule has 122 valence electrons. The topological polar surface area (TPSA) is 70.4 Å². The van der Waals surface area contributed by atoms with Crippen LogP contribution in [0, 0.1) is 11.3 Å². The fourth-order valence-corrected chi connectivity index (χ4v) is 2.09. The third-order valence-electron chi connectivity index (χ3n) is 3.55. The smallest absolute Gasteiger partial charge is 0.260 e. The molecule has 0 aromatic heterocycles. The summed E-state index contributed by atoms with van der Waals surface area (Å²) in [5.41, 5.74) is 2.13. The van der Waals surface area contributed by atoms with Gasteiger partial charge >= 0.3 is 0 Å². The van der Waals surface area contributed by atoms with Crippen molar-refractivity contribution < 1.29 is 14.3 Å². The van der Waals surface area contributed by atoms with Crippen molar-refractivity contribution in [2.75, 3.05) is 13.7 Å². The van der Waals surface area contributed by atoms with Gasteiger partial charge in [-0.25, -0.2) is 0 Å². The van der Waals surface area contributed by atoms with E-state index in [1.54, 1.807) is 48.3 Å². The van der Waals surface area contributed by atoms with E-state index in [2.05, 4.69) is 6.07 Å². The first-order valence-corrected chi connectivity index (χ1v) is 7.46. The SMILES string of the molecule is CC(=O)c1ccc(OCC(=O)N(C)Cc2ccc(C#N)cc2)cc1. The van der Waals surface area contributed by atoms with Gasteiger partial charge in [0.15, 0.2) is 12.4 Å². The number of ether oxygens (including phenoxy) is 1. The zero-order valence-electron chi connectivity index (χ0n) is 13.7. The highest BCUT2D eigenvalue weighted by atomic mass is 16.5. The van der Waals surface area contributed by atoms with Crippen LogP contribution in [0.3, 0.4) is 0 Å². The van der Waals surface area contributed by atoms with Crippen LogP contribution in [0.15, 0.2) is 48.5 Å². The number of hydrogen-bond acceptors (Lipinski definition) is 4. The van der Waals surface area contributed by atoms with Gasteiger partial charge in [-0.05, 0) is 48.9 Å². The molecule has 0 radical (unpaired) electrons. The van der Waals surface area contributed by atoms with E-state index in [1.807, 2.05) is 12.1 Å². The van der Waals surface area contributed by atoms with E-state index in [-0.39, 0.29) is 18.3 Å². The highest BCUT2D eigenvalue weighted by Gasteiger charge is 2.10. The average Bonchev–Trinajstić information content (AvgIpc) is 2.60. The van der Waals surface area contributed by atoms with E-state index in [0.29, 0.717) is 23.4 Å². The molecule has 5 heteroatoms. The molecule has 0 aliphatic rings. The van der Waals surface area contributed by atoms with Crippen LogP contribution < -0.4 is 4.74 Å². The number of likely N-dealkylation sites (N-methyl/N-ethyl adjacent to an activating group) is 1. The second-order valence-corrected chi connectivity index (χ2v) is 5.43. The Morgan fingerprint density at radius 2 is 1.71 bits per heavy atom. The lowest BCUT2D eigenvalue weighted by Gasteiger charge is -2.17. The van der Waals surface area contributed by atoms with Crippen LogP contribution in [0.5, 0.6) is 5.75 Å². The molecule has 0 aliphatic heterocycles. The number of amides is 1. The predicted molar refractivity (Wildman–Crippen MR) is 89.6 cm³/mol. The van der Waals surface area contributed by atoms with E-state index < -0.39 is 0 Å². The van der Waals surface area contributed by atoms with Crippen molar-refractivity contribution in [3.8, 4) is 11.8 Å². The zero-order valence-corrected chi connectivity index (χ0v) is 13.7. The number of nitriles is 1. The number of carbonyl (C=O) groups excluding carboxylic acids is 2. The molecule has 0 unspecified atom stereocenters. The summed E-state index contributed by atoms with van der Waals surface area (Å²) in [6.07, 6.45) is 0. The molecule has 24 heavy (non-hydrogen) atoms. The molecule has 0 saturated carbocycles. The van der Waals surface area contributed by atoms with Crippen LogP contribution in [0.2, 0.25) is 0 Å². The van der Waals surface area contributed by atoms with Gasteiger partial charge in [0.25, 0.3) is 5.91 Å². The van der Waals surface area contributed by atoms with E-state index in [4.69, 9.17) is 10.00 Å². The van der Waals surface area contributed by atoms with Crippen LogP contribution in [-0.2, 0) is 11.3 Å².